The highest BCUT2D eigenvalue weighted by Gasteiger charge is 2.05. The van der Waals surface area contributed by atoms with E-state index in [-0.39, 0.29) is 6.10 Å². The van der Waals surface area contributed by atoms with Gasteiger partial charge in [-0.2, -0.15) is 0 Å². The Labute approximate surface area is 78.5 Å². The molecule has 0 aromatic heterocycles. The lowest BCUT2D eigenvalue weighted by Gasteiger charge is -2.06. The molecule has 1 unspecified atom stereocenters. The Morgan fingerprint density at radius 2 is 2.08 bits per heavy atom. The molecule has 0 aliphatic heterocycles. The molecule has 0 saturated heterocycles. The summed E-state index contributed by atoms with van der Waals surface area (Å²) in [6, 6.07) is 10.0. The van der Waals surface area contributed by atoms with E-state index in [0.717, 1.165) is 6.42 Å². The summed E-state index contributed by atoms with van der Waals surface area (Å²) in [5.41, 5.74) is 1.22. The van der Waals surface area contributed by atoms with Crippen molar-refractivity contribution < 1.29 is 9.53 Å². The maximum Gasteiger partial charge on any atom is 0.229 e. The van der Waals surface area contributed by atoms with Gasteiger partial charge in [-0.3, -0.25) is 4.79 Å². The SMILES string of the molecule is COC([C]=O)CCc1ccccc1. The number of hydrogen-bond acceptors (Lipinski definition) is 2. The molecule has 1 aromatic rings. The van der Waals surface area contributed by atoms with Gasteiger partial charge in [0.25, 0.3) is 0 Å². The highest BCUT2D eigenvalue weighted by molar-refractivity contribution is 5.56. The van der Waals surface area contributed by atoms with Gasteiger partial charge in [-0.15, -0.1) is 0 Å². The van der Waals surface area contributed by atoms with Crippen molar-refractivity contribution in [2.75, 3.05) is 7.11 Å². The molecular weight excluding hydrogens is 164 g/mol. The fourth-order valence-electron chi connectivity index (χ4n) is 1.17. The molecular formula is C11H13O2. The van der Waals surface area contributed by atoms with E-state index in [2.05, 4.69) is 0 Å². The molecule has 0 aliphatic rings. The van der Waals surface area contributed by atoms with Crippen LogP contribution in [0.1, 0.15) is 12.0 Å². The summed E-state index contributed by atoms with van der Waals surface area (Å²) in [6.07, 6.45) is 3.02. The molecule has 0 fully saturated rings. The van der Waals surface area contributed by atoms with Gasteiger partial charge in [0.2, 0.25) is 6.29 Å². The smallest absolute Gasteiger partial charge is 0.229 e. The van der Waals surface area contributed by atoms with E-state index in [1.807, 2.05) is 36.6 Å². The van der Waals surface area contributed by atoms with Crippen LogP contribution >= 0.6 is 0 Å². The van der Waals surface area contributed by atoms with Crippen LogP contribution in [-0.2, 0) is 16.0 Å². The molecule has 1 aromatic carbocycles. The van der Waals surface area contributed by atoms with Gasteiger partial charge in [0.05, 0.1) is 0 Å². The third-order valence-electron chi connectivity index (χ3n) is 1.95. The van der Waals surface area contributed by atoms with E-state index < -0.39 is 0 Å². The lowest BCUT2D eigenvalue weighted by Crippen LogP contribution is -2.12. The normalized spacial score (nSPS) is 12.4. The van der Waals surface area contributed by atoms with E-state index >= 15 is 0 Å². The van der Waals surface area contributed by atoms with E-state index in [1.54, 1.807) is 0 Å². The Morgan fingerprint density at radius 1 is 1.38 bits per heavy atom. The van der Waals surface area contributed by atoms with Crippen LogP contribution in [0, 0.1) is 0 Å². The molecule has 1 radical (unpaired) electrons. The maximum absolute atomic E-state index is 10.3. The maximum atomic E-state index is 10.3. The van der Waals surface area contributed by atoms with Gasteiger partial charge in [-0.1, -0.05) is 30.3 Å². The van der Waals surface area contributed by atoms with Crippen molar-refractivity contribution in [1.29, 1.82) is 0 Å². The van der Waals surface area contributed by atoms with Gasteiger partial charge >= 0.3 is 0 Å². The lowest BCUT2D eigenvalue weighted by atomic mass is 10.1. The summed E-state index contributed by atoms with van der Waals surface area (Å²) < 4.78 is 4.90. The number of ether oxygens (including phenoxy) is 1. The summed E-state index contributed by atoms with van der Waals surface area (Å²) in [6.45, 7) is 0. The zero-order valence-electron chi connectivity index (χ0n) is 7.69. The number of benzene rings is 1. The number of rotatable bonds is 5. The van der Waals surface area contributed by atoms with E-state index in [4.69, 9.17) is 4.74 Å². The average molecular weight is 177 g/mol. The summed E-state index contributed by atoms with van der Waals surface area (Å²) >= 11 is 0. The van der Waals surface area contributed by atoms with Crippen LogP contribution in [-0.4, -0.2) is 19.5 Å². The molecule has 2 nitrogen and oxygen atoms in total. The monoisotopic (exact) mass is 177 g/mol. The van der Waals surface area contributed by atoms with Crippen molar-refractivity contribution in [3.8, 4) is 0 Å². The van der Waals surface area contributed by atoms with Crippen molar-refractivity contribution in [3.05, 3.63) is 35.9 Å². The number of carbonyl (C=O) groups excluding carboxylic acids is 1. The second kappa shape index (κ2) is 5.49. The zero-order valence-corrected chi connectivity index (χ0v) is 7.69. The fraction of sp³-hybridized carbons (Fsp3) is 0.364. The van der Waals surface area contributed by atoms with Gasteiger partial charge in [-0.05, 0) is 18.4 Å². The summed E-state index contributed by atoms with van der Waals surface area (Å²) in [7, 11) is 1.53. The second-order valence-electron chi connectivity index (χ2n) is 2.87. The van der Waals surface area contributed by atoms with Gasteiger partial charge in [0.15, 0.2) is 0 Å². The molecule has 0 heterocycles. The van der Waals surface area contributed by atoms with Crippen LogP contribution in [0.15, 0.2) is 30.3 Å². The molecule has 2 heteroatoms. The molecule has 13 heavy (non-hydrogen) atoms. The standard InChI is InChI=1S/C11H13O2/c1-13-11(9-12)8-7-10-5-3-2-4-6-10/h2-6,11H,7-8H2,1H3. The minimum absolute atomic E-state index is 0.389. The molecule has 0 saturated carbocycles. The van der Waals surface area contributed by atoms with Crippen molar-refractivity contribution >= 4 is 6.29 Å². The van der Waals surface area contributed by atoms with Crippen LogP contribution in [0.2, 0.25) is 0 Å². The van der Waals surface area contributed by atoms with Gasteiger partial charge in [0.1, 0.15) is 6.10 Å². The number of methoxy groups -OCH3 is 1. The van der Waals surface area contributed by atoms with Crippen molar-refractivity contribution in [3.63, 3.8) is 0 Å². The van der Waals surface area contributed by atoms with Crippen LogP contribution in [0.3, 0.4) is 0 Å². The Balaban J connectivity index is 2.38. The first kappa shape index (κ1) is 9.93. The van der Waals surface area contributed by atoms with Crippen LogP contribution in [0.25, 0.3) is 0 Å². The third-order valence-corrected chi connectivity index (χ3v) is 1.95. The summed E-state index contributed by atoms with van der Waals surface area (Å²) in [4.78, 5) is 10.3. The molecule has 0 aliphatic carbocycles. The number of aryl methyl sites for hydroxylation is 1. The first-order valence-corrected chi connectivity index (χ1v) is 4.31. The average Bonchev–Trinajstić information content (AvgIpc) is 2.21. The molecule has 0 N–H and O–H groups in total. The van der Waals surface area contributed by atoms with Crippen molar-refractivity contribution in [2.45, 2.75) is 18.9 Å². The third kappa shape index (κ3) is 3.38. The topological polar surface area (TPSA) is 26.3 Å². The Kier molecular flexibility index (Phi) is 4.19. The van der Waals surface area contributed by atoms with Crippen molar-refractivity contribution in [2.24, 2.45) is 0 Å². The highest BCUT2D eigenvalue weighted by atomic mass is 16.5. The van der Waals surface area contributed by atoms with E-state index in [1.165, 1.54) is 12.7 Å². The van der Waals surface area contributed by atoms with Gasteiger partial charge < -0.3 is 4.74 Å². The number of hydrogen-bond donors (Lipinski definition) is 0. The highest BCUT2D eigenvalue weighted by Crippen LogP contribution is 2.05. The Bertz CT molecular complexity index is 244. The second-order valence-corrected chi connectivity index (χ2v) is 2.87. The molecule has 1 atom stereocenters. The predicted molar refractivity (Wildman–Crippen MR) is 51.3 cm³/mol. The van der Waals surface area contributed by atoms with Crippen molar-refractivity contribution in [1.82, 2.24) is 0 Å². The first-order valence-electron chi connectivity index (χ1n) is 4.31. The van der Waals surface area contributed by atoms with Gasteiger partial charge in [0, 0.05) is 7.11 Å². The van der Waals surface area contributed by atoms with Crippen LogP contribution in [0.5, 0.6) is 0 Å². The minimum atomic E-state index is -0.389. The molecule has 1 rings (SSSR count). The largest absolute Gasteiger partial charge is 0.373 e. The Morgan fingerprint density at radius 3 is 2.62 bits per heavy atom. The first-order chi connectivity index (χ1) is 6.36. The summed E-state index contributed by atoms with van der Waals surface area (Å²) in [5, 5.41) is 0. The zero-order chi connectivity index (χ0) is 9.52. The van der Waals surface area contributed by atoms with Gasteiger partial charge in [-0.25, -0.2) is 0 Å². The quantitative estimate of drug-likeness (QED) is 0.684. The lowest BCUT2D eigenvalue weighted by molar-refractivity contribution is 0.145. The van der Waals surface area contributed by atoms with Crippen LogP contribution < -0.4 is 0 Å². The van der Waals surface area contributed by atoms with E-state index in [9.17, 15) is 4.79 Å². The summed E-state index contributed by atoms with van der Waals surface area (Å²) in [5.74, 6) is 0. The molecule has 69 valence electrons. The molecule has 0 bridgehead atoms. The van der Waals surface area contributed by atoms with Crippen LogP contribution in [0.4, 0.5) is 0 Å². The Hall–Kier alpha value is -1.15. The predicted octanol–water partition coefficient (Wildman–Crippen LogP) is 1.74. The molecule has 0 amide bonds. The molecule has 0 spiro atoms. The minimum Gasteiger partial charge on any atom is -0.373 e. The van der Waals surface area contributed by atoms with E-state index in [0.29, 0.717) is 6.42 Å². The fourth-order valence-corrected chi connectivity index (χ4v) is 1.17.